The first-order valence-corrected chi connectivity index (χ1v) is 6.46. The van der Waals surface area contributed by atoms with E-state index in [9.17, 15) is 4.79 Å². The number of nitriles is 1. The Morgan fingerprint density at radius 1 is 1.40 bits per heavy atom. The second-order valence-electron chi connectivity index (χ2n) is 4.56. The number of nitrogens with zero attached hydrogens (tertiary/aromatic N) is 3. The number of nitrogens with one attached hydrogen (secondary N) is 1. The molecule has 1 N–H and O–H groups in total. The second-order valence-corrected chi connectivity index (χ2v) is 4.56. The van der Waals surface area contributed by atoms with Crippen molar-refractivity contribution >= 4 is 11.7 Å². The smallest absolute Gasteiger partial charge is 0.225 e. The molecule has 0 bridgehead atoms. The molecule has 20 heavy (non-hydrogen) atoms. The summed E-state index contributed by atoms with van der Waals surface area (Å²) < 4.78 is 1.51. The number of aryl methyl sites for hydroxylation is 2. The van der Waals surface area contributed by atoms with Crippen LogP contribution in [0.2, 0.25) is 0 Å². The molecule has 0 spiro atoms. The normalized spacial score (nSPS) is 10.0. The average Bonchev–Trinajstić information content (AvgIpc) is 2.80. The van der Waals surface area contributed by atoms with Crippen LogP contribution in [0.5, 0.6) is 0 Å². The number of carbonyl (C=O) groups excluding carboxylic acids is 1. The maximum atomic E-state index is 11.8. The Morgan fingerprint density at radius 3 is 2.85 bits per heavy atom. The minimum Gasteiger partial charge on any atom is -0.308 e. The molecule has 1 amide bonds. The lowest BCUT2D eigenvalue weighted by Gasteiger charge is -2.03. The van der Waals surface area contributed by atoms with Crippen LogP contribution in [0.25, 0.3) is 0 Å². The number of anilines is 1. The van der Waals surface area contributed by atoms with Gasteiger partial charge >= 0.3 is 0 Å². The van der Waals surface area contributed by atoms with Gasteiger partial charge in [0.25, 0.3) is 0 Å². The fraction of sp³-hybridized carbons (Fsp3) is 0.267. The molecule has 2 aromatic rings. The summed E-state index contributed by atoms with van der Waals surface area (Å²) in [7, 11) is 1.71. The van der Waals surface area contributed by atoms with Gasteiger partial charge in [0.05, 0.1) is 0 Å². The monoisotopic (exact) mass is 268 g/mol. The van der Waals surface area contributed by atoms with Gasteiger partial charge in [0, 0.05) is 19.7 Å². The molecular weight excluding hydrogens is 252 g/mol. The van der Waals surface area contributed by atoms with Crippen molar-refractivity contribution in [3.05, 3.63) is 47.7 Å². The first-order chi connectivity index (χ1) is 9.69. The predicted octanol–water partition coefficient (Wildman–Crippen LogP) is 2.25. The van der Waals surface area contributed by atoms with Gasteiger partial charge in [0.2, 0.25) is 5.91 Å². The van der Waals surface area contributed by atoms with Crippen LogP contribution in [-0.4, -0.2) is 15.7 Å². The van der Waals surface area contributed by atoms with Crippen molar-refractivity contribution in [2.45, 2.75) is 19.3 Å². The van der Waals surface area contributed by atoms with E-state index in [1.165, 1.54) is 10.2 Å². The Bertz CT molecular complexity index is 625. The summed E-state index contributed by atoms with van der Waals surface area (Å²) in [5.41, 5.74) is 1.60. The Balaban J connectivity index is 1.82. The van der Waals surface area contributed by atoms with Crippen molar-refractivity contribution in [2.24, 2.45) is 7.05 Å². The number of benzene rings is 1. The highest BCUT2D eigenvalue weighted by atomic mass is 16.1. The standard InChI is InChI=1S/C15H16N4O/c1-19-11-13(10-16)15(18-19)17-14(20)9-5-8-12-6-3-2-4-7-12/h2-4,6-7,11H,5,8-9H2,1H3,(H,17,18,20). The zero-order valence-corrected chi connectivity index (χ0v) is 11.3. The SMILES string of the molecule is Cn1cc(C#N)c(NC(=O)CCCc2ccccc2)n1. The van der Waals surface area contributed by atoms with E-state index in [0.717, 1.165) is 12.8 Å². The Labute approximate surface area is 117 Å². The molecule has 1 aromatic heterocycles. The van der Waals surface area contributed by atoms with Gasteiger partial charge in [-0.25, -0.2) is 0 Å². The highest BCUT2D eigenvalue weighted by Crippen LogP contribution is 2.12. The molecule has 1 aromatic carbocycles. The van der Waals surface area contributed by atoms with Crippen LogP contribution < -0.4 is 5.32 Å². The van der Waals surface area contributed by atoms with Gasteiger partial charge < -0.3 is 5.32 Å². The van der Waals surface area contributed by atoms with Crippen LogP contribution >= 0.6 is 0 Å². The number of carbonyl (C=O) groups is 1. The van der Waals surface area contributed by atoms with Gasteiger partial charge in [-0.2, -0.15) is 10.4 Å². The van der Waals surface area contributed by atoms with Crippen LogP contribution in [0, 0.1) is 11.3 Å². The Kier molecular flexibility index (Phi) is 4.51. The van der Waals surface area contributed by atoms with Crippen LogP contribution in [0.15, 0.2) is 36.5 Å². The van der Waals surface area contributed by atoms with Gasteiger partial charge in [-0.15, -0.1) is 0 Å². The van der Waals surface area contributed by atoms with E-state index in [1.54, 1.807) is 13.2 Å². The molecule has 0 aliphatic carbocycles. The number of hydrogen-bond acceptors (Lipinski definition) is 3. The van der Waals surface area contributed by atoms with Gasteiger partial charge in [-0.05, 0) is 18.4 Å². The molecule has 0 radical (unpaired) electrons. The number of rotatable bonds is 5. The summed E-state index contributed by atoms with van der Waals surface area (Å²) in [5.74, 6) is 0.218. The van der Waals surface area contributed by atoms with Gasteiger partial charge in [0.1, 0.15) is 11.6 Å². The zero-order valence-electron chi connectivity index (χ0n) is 11.3. The summed E-state index contributed by atoms with van der Waals surface area (Å²) in [6, 6.07) is 12.0. The molecule has 0 saturated carbocycles. The zero-order chi connectivity index (χ0) is 14.4. The topological polar surface area (TPSA) is 70.7 Å². The quantitative estimate of drug-likeness (QED) is 0.904. The lowest BCUT2D eigenvalue weighted by molar-refractivity contribution is -0.116. The third-order valence-electron chi connectivity index (χ3n) is 2.92. The Morgan fingerprint density at radius 2 is 2.15 bits per heavy atom. The predicted molar refractivity (Wildman–Crippen MR) is 75.9 cm³/mol. The molecular formula is C15H16N4O. The van der Waals surface area contributed by atoms with E-state index in [0.29, 0.717) is 17.8 Å². The summed E-state index contributed by atoms with van der Waals surface area (Å²) in [5, 5.41) is 15.6. The van der Waals surface area contributed by atoms with Gasteiger partial charge in [0.15, 0.2) is 5.82 Å². The maximum Gasteiger partial charge on any atom is 0.225 e. The third-order valence-corrected chi connectivity index (χ3v) is 2.92. The maximum absolute atomic E-state index is 11.8. The van der Waals surface area contributed by atoms with Crippen LogP contribution in [0.1, 0.15) is 24.0 Å². The minimum atomic E-state index is -0.115. The van der Waals surface area contributed by atoms with E-state index in [4.69, 9.17) is 5.26 Å². The van der Waals surface area contributed by atoms with Crippen LogP contribution in [-0.2, 0) is 18.3 Å². The molecule has 102 valence electrons. The summed E-state index contributed by atoms with van der Waals surface area (Å²) >= 11 is 0. The first-order valence-electron chi connectivity index (χ1n) is 6.46. The van der Waals surface area contributed by atoms with E-state index in [2.05, 4.69) is 10.4 Å². The first kappa shape index (κ1) is 13.8. The fourth-order valence-corrected chi connectivity index (χ4v) is 1.95. The van der Waals surface area contributed by atoms with E-state index in [1.807, 2.05) is 36.4 Å². The molecule has 2 rings (SSSR count). The molecule has 0 saturated heterocycles. The third kappa shape index (κ3) is 3.69. The van der Waals surface area contributed by atoms with E-state index in [-0.39, 0.29) is 5.91 Å². The van der Waals surface area contributed by atoms with Crippen molar-refractivity contribution in [3.8, 4) is 6.07 Å². The molecule has 5 heteroatoms. The Hall–Kier alpha value is -2.61. The molecule has 0 aliphatic heterocycles. The van der Waals surface area contributed by atoms with Crippen molar-refractivity contribution in [1.29, 1.82) is 5.26 Å². The fourth-order valence-electron chi connectivity index (χ4n) is 1.95. The molecule has 0 atom stereocenters. The number of aromatic nitrogens is 2. The van der Waals surface area contributed by atoms with Crippen molar-refractivity contribution in [2.75, 3.05) is 5.32 Å². The number of amides is 1. The molecule has 1 heterocycles. The lowest BCUT2D eigenvalue weighted by atomic mass is 10.1. The lowest BCUT2D eigenvalue weighted by Crippen LogP contribution is -2.13. The number of hydrogen-bond donors (Lipinski definition) is 1. The second kappa shape index (κ2) is 6.53. The highest BCUT2D eigenvalue weighted by Gasteiger charge is 2.10. The molecule has 0 unspecified atom stereocenters. The van der Waals surface area contributed by atoms with Crippen molar-refractivity contribution in [3.63, 3.8) is 0 Å². The van der Waals surface area contributed by atoms with Crippen molar-refractivity contribution in [1.82, 2.24) is 9.78 Å². The van der Waals surface area contributed by atoms with Crippen LogP contribution in [0.3, 0.4) is 0 Å². The van der Waals surface area contributed by atoms with Gasteiger partial charge in [-0.3, -0.25) is 9.48 Å². The summed E-state index contributed by atoms with van der Waals surface area (Å²) in [6.07, 6.45) is 3.63. The summed E-state index contributed by atoms with van der Waals surface area (Å²) in [4.78, 5) is 11.8. The van der Waals surface area contributed by atoms with Gasteiger partial charge in [-0.1, -0.05) is 30.3 Å². The molecule has 0 aliphatic rings. The van der Waals surface area contributed by atoms with E-state index < -0.39 is 0 Å². The largest absolute Gasteiger partial charge is 0.308 e. The molecule has 5 nitrogen and oxygen atoms in total. The summed E-state index contributed by atoms with van der Waals surface area (Å²) in [6.45, 7) is 0. The van der Waals surface area contributed by atoms with E-state index >= 15 is 0 Å². The average molecular weight is 268 g/mol. The van der Waals surface area contributed by atoms with Crippen LogP contribution in [0.4, 0.5) is 5.82 Å². The van der Waals surface area contributed by atoms with Crippen molar-refractivity contribution < 1.29 is 4.79 Å². The highest BCUT2D eigenvalue weighted by molar-refractivity contribution is 5.90. The minimum absolute atomic E-state index is 0.115. The molecule has 0 fully saturated rings.